The summed E-state index contributed by atoms with van der Waals surface area (Å²) in [6.45, 7) is 10.4. The third kappa shape index (κ3) is 9.21. The Morgan fingerprint density at radius 2 is 1.62 bits per heavy atom. The molecule has 2 aliphatic heterocycles. The Bertz CT molecular complexity index is 2240. The Balaban J connectivity index is 0.909. The van der Waals surface area contributed by atoms with Crippen LogP contribution in [0.2, 0.25) is 0 Å². The Kier molecular flexibility index (Phi) is 12.2. The van der Waals surface area contributed by atoms with Gasteiger partial charge in [0.1, 0.15) is 17.8 Å². The van der Waals surface area contributed by atoms with Gasteiger partial charge in [-0.3, -0.25) is 19.3 Å². The molecule has 2 saturated heterocycles. The molecule has 0 radical (unpaired) electrons. The zero-order valence-corrected chi connectivity index (χ0v) is 34.4. The van der Waals surface area contributed by atoms with Gasteiger partial charge in [-0.25, -0.2) is 4.98 Å². The third-order valence-electron chi connectivity index (χ3n) is 11.3. The zero-order valence-electron chi connectivity index (χ0n) is 33.6. The second kappa shape index (κ2) is 17.5. The van der Waals surface area contributed by atoms with Crippen LogP contribution in [0.1, 0.15) is 69.2 Å². The number of hydrogen-bond acceptors (Lipinski definition) is 10. The minimum atomic E-state index is -0.772. The van der Waals surface area contributed by atoms with Gasteiger partial charge in [-0.2, -0.15) is 0 Å². The standard InChI is InChI=1S/C45H52N8O4S/c1-28-40(58-27-48-28)33-13-11-29(12-14-33)25-47-43(56)37-9-7-21-53(37)44(57)41(45(2,3)4)49-39(55)26-52-22-19-31(20-23-52)30-15-17-32(18-16-30)35-24-36(50-51-42(35)46)34-8-5-6-10-38(34)54/h5-6,8,10-18,24,27,31,37,41,54H,7,9,19-23,25-26H2,1-4H3,(H2,46,51)(H,47,56)(H,49,55). The molecular formula is C45H52N8O4S. The zero-order chi connectivity index (χ0) is 41.0. The minimum Gasteiger partial charge on any atom is -0.507 e. The number of thiazole rings is 1. The number of aryl methyl sites for hydroxylation is 1. The highest BCUT2D eigenvalue weighted by Crippen LogP contribution is 2.35. The number of nitrogens with two attached hydrogens (primary N) is 1. The molecule has 2 aliphatic rings. The summed E-state index contributed by atoms with van der Waals surface area (Å²) in [7, 11) is 0. The van der Waals surface area contributed by atoms with Crippen molar-refractivity contribution in [3.05, 3.63) is 101 Å². The molecule has 2 aromatic heterocycles. The lowest BCUT2D eigenvalue weighted by molar-refractivity contribution is -0.144. The number of phenolic OH excluding ortho intramolecular Hbond substituents is 1. The van der Waals surface area contributed by atoms with Crippen molar-refractivity contribution in [2.24, 2.45) is 5.41 Å². The van der Waals surface area contributed by atoms with Gasteiger partial charge in [0, 0.05) is 24.2 Å². The summed E-state index contributed by atoms with van der Waals surface area (Å²) >= 11 is 1.60. The number of aromatic nitrogens is 3. The lowest BCUT2D eigenvalue weighted by Gasteiger charge is -2.36. The molecular weight excluding hydrogens is 749 g/mol. The molecule has 5 N–H and O–H groups in total. The van der Waals surface area contributed by atoms with E-state index in [9.17, 15) is 19.5 Å². The largest absolute Gasteiger partial charge is 0.507 e. The van der Waals surface area contributed by atoms with E-state index in [4.69, 9.17) is 5.73 Å². The number of nitrogens with zero attached hydrogens (tertiary/aromatic N) is 5. The number of nitrogen functional groups attached to an aromatic ring is 1. The topological polar surface area (TPSA) is 167 Å². The van der Waals surface area contributed by atoms with Crippen molar-refractivity contribution in [3.63, 3.8) is 0 Å². The molecule has 302 valence electrons. The smallest absolute Gasteiger partial charge is 0.246 e. The average Bonchev–Trinajstić information content (AvgIpc) is 3.89. The fraction of sp³-hybridized carbons (Fsp3) is 0.378. The van der Waals surface area contributed by atoms with Gasteiger partial charge in [-0.15, -0.1) is 21.5 Å². The van der Waals surface area contributed by atoms with E-state index in [-0.39, 0.29) is 30.0 Å². The second-order valence-electron chi connectivity index (χ2n) is 16.5. The number of amides is 3. The van der Waals surface area contributed by atoms with Gasteiger partial charge >= 0.3 is 0 Å². The summed E-state index contributed by atoms with van der Waals surface area (Å²) in [4.78, 5) is 50.4. The molecule has 2 fully saturated rings. The van der Waals surface area contributed by atoms with Crippen molar-refractivity contribution in [1.82, 2.24) is 35.6 Å². The highest BCUT2D eigenvalue weighted by Gasteiger charge is 2.42. The summed E-state index contributed by atoms with van der Waals surface area (Å²) in [5.74, 6) is 0.192. The van der Waals surface area contributed by atoms with Crippen molar-refractivity contribution < 1.29 is 19.5 Å². The number of carbonyl (C=O) groups excluding carboxylic acids is 3. The molecule has 58 heavy (non-hydrogen) atoms. The second-order valence-corrected chi connectivity index (χ2v) is 17.3. The van der Waals surface area contributed by atoms with Crippen LogP contribution in [0.15, 0.2) is 84.4 Å². The number of nitrogens with one attached hydrogen (secondary N) is 2. The van der Waals surface area contributed by atoms with E-state index in [1.807, 2.05) is 81.7 Å². The maximum Gasteiger partial charge on any atom is 0.246 e. The number of rotatable bonds is 11. The van der Waals surface area contributed by atoms with E-state index < -0.39 is 17.5 Å². The van der Waals surface area contributed by atoms with E-state index in [0.29, 0.717) is 42.5 Å². The summed E-state index contributed by atoms with van der Waals surface area (Å²) in [5.41, 5.74) is 14.6. The van der Waals surface area contributed by atoms with Crippen LogP contribution in [0.5, 0.6) is 5.75 Å². The molecule has 0 saturated carbocycles. The van der Waals surface area contributed by atoms with Crippen molar-refractivity contribution >= 4 is 34.9 Å². The molecule has 13 heteroatoms. The van der Waals surface area contributed by atoms with E-state index in [2.05, 4.69) is 42.8 Å². The van der Waals surface area contributed by atoms with Crippen LogP contribution < -0.4 is 16.4 Å². The first-order valence-electron chi connectivity index (χ1n) is 20.0. The molecule has 7 rings (SSSR count). The van der Waals surface area contributed by atoms with Crippen LogP contribution in [-0.2, 0) is 20.9 Å². The number of benzene rings is 3. The summed E-state index contributed by atoms with van der Waals surface area (Å²) in [6.07, 6.45) is 3.10. The Hall–Kier alpha value is -5.66. The van der Waals surface area contributed by atoms with E-state index in [1.165, 1.54) is 5.56 Å². The fourth-order valence-corrected chi connectivity index (χ4v) is 8.81. The van der Waals surface area contributed by atoms with E-state index >= 15 is 0 Å². The number of piperidine rings is 1. The van der Waals surface area contributed by atoms with E-state index in [1.54, 1.807) is 34.4 Å². The molecule has 0 bridgehead atoms. The molecule has 5 aromatic rings. The molecule has 2 unspecified atom stereocenters. The van der Waals surface area contributed by atoms with Crippen LogP contribution in [-0.4, -0.2) is 86.1 Å². The fourth-order valence-electron chi connectivity index (χ4n) is 8.00. The predicted molar refractivity (Wildman–Crippen MR) is 228 cm³/mol. The number of hydrogen-bond donors (Lipinski definition) is 4. The first-order chi connectivity index (χ1) is 27.9. The van der Waals surface area contributed by atoms with Crippen molar-refractivity contribution in [2.75, 3.05) is 31.9 Å². The van der Waals surface area contributed by atoms with Crippen molar-refractivity contribution in [2.45, 2.75) is 77.9 Å². The molecule has 0 spiro atoms. The van der Waals surface area contributed by atoms with Crippen molar-refractivity contribution in [1.29, 1.82) is 0 Å². The monoisotopic (exact) mass is 800 g/mol. The van der Waals surface area contributed by atoms with Crippen LogP contribution in [0.3, 0.4) is 0 Å². The van der Waals surface area contributed by atoms with E-state index in [0.717, 1.165) is 65.2 Å². The van der Waals surface area contributed by atoms with Gasteiger partial charge < -0.3 is 26.4 Å². The maximum atomic E-state index is 14.1. The summed E-state index contributed by atoms with van der Waals surface area (Å²) < 4.78 is 0. The summed E-state index contributed by atoms with van der Waals surface area (Å²) in [6, 6.07) is 23.9. The SMILES string of the molecule is Cc1ncsc1-c1ccc(CNC(=O)C2CCCN2C(=O)C(NC(=O)CN2CCC(c3ccc(-c4cc(-c5ccccc5O)nnc4N)cc3)CC2)C(C)(C)C)cc1. The Morgan fingerprint density at radius 3 is 2.29 bits per heavy atom. The van der Waals surface area contributed by atoms with Gasteiger partial charge in [0.25, 0.3) is 0 Å². The number of carbonyl (C=O) groups is 3. The highest BCUT2D eigenvalue weighted by molar-refractivity contribution is 7.13. The third-order valence-corrected chi connectivity index (χ3v) is 12.3. The number of phenols is 1. The Morgan fingerprint density at radius 1 is 0.914 bits per heavy atom. The normalized spacial score (nSPS) is 16.9. The molecule has 3 amide bonds. The Labute approximate surface area is 343 Å². The maximum absolute atomic E-state index is 14.1. The lowest BCUT2D eigenvalue weighted by atomic mass is 9.85. The van der Waals surface area contributed by atoms with Crippen LogP contribution in [0.25, 0.3) is 32.8 Å². The quantitative estimate of drug-likeness (QED) is 0.116. The lowest BCUT2D eigenvalue weighted by Crippen LogP contribution is -2.58. The van der Waals surface area contributed by atoms with Crippen LogP contribution in [0, 0.1) is 12.3 Å². The predicted octanol–water partition coefficient (Wildman–Crippen LogP) is 6.55. The van der Waals surface area contributed by atoms with Gasteiger partial charge in [0.05, 0.1) is 28.3 Å². The van der Waals surface area contributed by atoms with Gasteiger partial charge in [-0.1, -0.05) is 81.4 Å². The van der Waals surface area contributed by atoms with Crippen LogP contribution >= 0.6 is 11.3 Å². The molecule has 12 nitrogen and oxygen atoms in total. The molecule has 3 aromatic carbocycles. The summed E-state index contributed by atoms with van der Waals surface area (Å²) in [5, 5.41) is 24.8. The number of anilines is 1. The van der Waals surface area contributed by atoms with Crippen LogP contribution in [0.4, 0.5) is 5.82 Å². The van der Waals surface area contributed by atoms with Crippen molar-refractivity contribution in [3.8, 4) is 38.6 Å². The van der Waals surface area contributed by atoms with Gasteiger partial charge in [0.2, 0.25) is 17.7 Å². The molecule has 0 aliphatic carbocycles. The first-order valence-corrected chi connectivity index (χ1v) is 20.8. The van der Waals surface area contributed by atoms with Gasteiger partial charge in [-0.05, 0) is 97.5 Å². The van der Waals surface area contributed by atoms with Gasteiger partial charge in [0.15, 0.2) is 5.82 Å². The minimum absolute atomic E-state index is 0.128. The molecule has 4 heterocycles. The average molecular weight is 801 g/mol. The molecule has 2 atom stereocenters. The number of aromatic hydroxyl groups is 1. The number of para-hydroxylation sites is 1. The number of likely N-dealkylation sites (tertiary alicyclic amines) is 2. The first kappa shape index (κ1) is 40.5. The highest BCUT2D eigenvalue weighted by atomic mass is 32.1.